The molecule has 0 aliphatic carbocycles. The summed E-state index contributed by atoms with van der Waals surface area (Å²) in [6.07, 6.45) is 0.990. The molecule has 1 heterocycles. The van der Waals surface area contributed by atoms with Gasteiger partial charge in [-0.05, 0) is 41.4 Å². The lowest BCUT2D eigenvalue weighted by atomic mass is 10.0. The van der Waals surface area contributed by atoms with Gasteiger partial charge in [0.25, 0.3) is 0 Å². The maximum absolute atomic E-state index is 13.6. The number of hydrogen-bond acceptors (Lipinski definition) is 3. The van der Waals surface area contributed by atoms with Crippen LogP contribution in [0, 0.1) is 5.82 Å². The van der Waals surface area contributed by atoms with E-state index in [1.807, 2.05) is 6.07 Å². The minimum Gasteiger partial charge on any atom is -0.332 e. The van der Waals surface area contributed by atoms with E-state index in [0.29, 0.717) is 10.2 Å². The van der Waals surface area contributed by atoms with E-state index in [0.717, 1.165) is 17.3 Å². The number of amidine groups is 1. The van der Waals surface area contributed by atoms with Crippen molar-refractivity contribution in [2.45, 2.75) is 25.8 Å². The van der Waals surface area contributed by atoms with Crippen molar-refractivity contribution in [3.63, 3.8) is 0 Å². The van der Waals surface area contributed by atoms with Crippen molar-refractivity contribution in [1.82, 2.24) is 0 Å². The van der Waals surface area contributed by atoms with Crippen LogP contribution in [0.1, 0.15) is 20.3 Å². The first-order chi connectivity index (χ1) is 8.04. The number of benzene rings is 1. The zero-order chi connectivity index (χ0) is 12.5. The fourth-order valence-electron chi connectivity index (χ4n) is 1.50. The molecular weight excluding hydrogens is 303 g/mol. The van der Waals surface area contributed by atoms with E-state index < -0.39 is 0 Å². The van der Waals surface area contributed by atoms with Gasteiger partial charge >= 0.3 is 0 Å². The van der Waals surface area contributed by atoms with Crippen LogP contribution in [0.25, 0.3) is 0 Å². The number of para-hydroxylation sites is 1. The molecule has 0 aromatic heterocycles. The molecule has 0 amide bonds. The van der Waals surface area contributed by atoms with Crippen LogP contribution in [0.15, 0.2) is 27.7 Å². The van der Waals surface area contributed by atoms with Crippen LogP contribution in [0.3, 0.4) is 0 Å². The summed E-state index contributed by atoms with van der Waals surface area (Å²) < 4.78 is 14.3. The third kappa shape index (κ3) is 2.83. The Hall–Kier alpha value is -0.550. The van der Waals surface area contributed by atoms with Crippen LogP contribution >= 0.6 is 27.7 Å². The van der Waals surface area contributed by atoms with Crippen molar-refractivity contribution < 1.29 is 4.39 Å². The molecule has 2 nitrogen and oxygen atoms in total. The first kappa shape index (κ1) is 12.9. The van der Waals surface area contributed by atoms with E-state index in [1.165, 1.54) is 6.07 Å². The molecule has 0 radical (unpaired) electrons. The van der Waals surface area contributed by atoms with Crippen molar-refractivity contribution in [2.24, 2.45) is 4.99 Å². The summed E-state index contributed by atoms with van der Waals surface area (Å²) in [5, 5.41) is 3.85. The Morgan fingerprint density at radius 2 is 2.35 bits per heavy atom. The molecule has 0 fully saturated rings. The minimum atomic E-state index is -0.271. The number of rotatable bonds is 2. The zero-order valence-corrected chi connectivity index (χ0v) is 12.2. The summed E-state index contributed by atoms with van der Waals surface area (Å²) in [5.41, 5.74) is 0.434. The maximum Gasteiger partial charge on any atom is 0.161 e. The first-order valence-corrected chi connectivity index (χ1v) is 7.25. The normalized spacial score (nSPS) is 23.6. The molecule has 1 unspecified atom stereocenters. The van der Waals surface area contributed by atoms with Gasteiger partial charge in [-0.1, -0.05) is 24.8 Å². The van der Waals surface area contributed by atoms with Crippen LogP contribution < -0.4 is 5.32 Å². The van der Waals surface area contributed by atoms with Crippen molar-refractivity contribution in [3.8, 4) is 0 Å². The van der Waals surface area contributed by atoms with Crippen LogP contribution in [-0.2, 0) is 0 Å². The largest absolute Gasteiger partial charge is 0.332 e. The van der Waals surface area contributed by atoms with Gasteiger partial charge in [0.2, 0.25) is 0 Å². The molecule has 0 bridgehead atoms. The highest BCUT2D eigenvalue weighted by Crippen LogP contribution is 2.33. The highest BCUT2D eigenvalue weighted by atomic mass is 79.9. The lowest BCUT2D eigenvalue weighted by molar-refractivity contribution is 0.522. The molecule has 2 rings (SSSR count). The molecule has 1 aliphatic rings. The van der Waals surface area contributed by atoms with Crippen molar-refractivity contribution >= 4 is 38.5 Å². The molecule has 0 saturated heterocycles. The minimum absolute atomic E-state index is 0.0231. The van der Waals surface area contributed by atoms with E-state index in [-0.39, 0.29) is 11.4 Å². The second kappa shape index (κ2) is 4.98. The van der Waals surface area contributed by atoms with Gasteiger partial charge in [0.05, 0.1) is 11.2 Å². The summed E-state index contributed by atoms with van der Waals surface area (Å²) in [7, 11) is 0. The highest BCUT2D eigenvalue weighted by molar-refractivity contribution is 9.10. The number of anilines is 1. The second-order valence-electron chi connectivity index (χ2n) is 4.28. The van der Waals surface area contributed by atoms with Gasteiger partial charge < -0.3 is 5.32 Å². The summed E-state index contributed by atoms with van der Waals surface area (Å²) in [6.45, 7) is 4.23. The lowest BCUT2D eigenvalue weighted by Crippen LogP contribution is -2.20. The van der Waals surface area contributed by atoms with Gasteiger partial charge in [0.15, 0.2) is 5.17 Å². The molecule has 0 saturated carbocycles. The first-order valence-electron chi connectivity index (χ1n) is 5.48. The zero-order valence-electron chi connectivity index (χ0n) is 9.76. The summed E-state index contributed by atoms with van der Waals surface area (Å²) in [6, 6.07) is 4.92. The number of nitrogens with zero attached hydrogens (tertiary/aromatic N) is 1. The van der Waals surface area contributed by atoms with Crippen LogP contribution in [0.5, 0.6) is 0 Å². The van der Waals surface area contributed by atoms with Gasteiger partial charge in [0, 0.05) is 10.2 Å². The Morgan fingerprint density at radius 3 is 2.94 bits per heavy atom. The summed E-state index contributed by atoms with van der Waals surface area (Å²) in [4.78, 5) is 4.60. The number of hydrogen-bond donors (Lipinski definition) is 1. The quantitative estimate of drug-likeness (QED) is 0.881. The van der Waals surface area contributed by atoms with Gasteiger partial charge in [0.1, 0.15) is 5.82 Å². The Labute approximate surface area is 113 Å². The summed E-state index contributed by atoms with van der Waals surface area (Å²) >= 11 is 4.97. The predicted octanol–water partition coefficient (Wildman–Crippen LogP) is 4.27. The van der Waals surface area contributed by atoms with Crippen molar-refractivity contribution in [3.05, 3.63) is 28.5 Å². The molecule has 5 heteroatoms. The predicted molar refractivity (Wildman–Crippen MR) is 76.3 cm³/mol. The van der Waals surface area contributed by atoms with E-state index >= 15 is 0 Å². The smallest absolute Gasteiger partial charge is 0.161 e. The van der Waals surface area contributed by atoms with Crippen LogP contribution in [0.2, 0.25) is 0 Å². The SMILES string of the molecule is CCC1(C)CSC(Nc2c(F)cccc2Br)=N1. The molecule has 1 aliphatic heterocycles. The van der Waals surface area contributed by atoms with Gasteiger partial charge in [-0.15, -0.1) is 0 Å². The third-order valence-corrected chi connectivity index (χ3v) is 4.74. The Bertz CT molecular complexity index is 444. The summed E-state index contributed by atoms with van der Waals surface area (Å²) in [5.74, 6) is 0.672. The van der Waals surface area contributed by atoms with Crippen molar-refractivity contribution in [1.29, 1.82) is 0 Å². The fourth-order valence-corrected chi connectivity index (χ4v) is 3.12. The molecule has 92 valence electrons. The Balaban J connectivity index is 2.20. The third-order valence-electron chi connectivity index (χ3n) is 2.85. The topological polar surface area (TPSA) is 24.4 Å². The molecular formula is C12H14BrFN2S. The molecule has 0 spiro atoms. The monoisotopic (exact) mass is 316 g/mol. The van der Waals surface area contributed by atoms with Crippen molar-refractivity contribution in [2.75, 3.05) is 11.1 Å². The Morgan fingerprint density at radius 1 is 1.59 bits per heavy atom. The number of thioether (sulfide) groups is 1. The van der Waals surface area contributed by atoms with E-state index in [2.05, 4.69) is 40.1 Å². The molecule has 1 aromatic carbocycles. The standard InChI is InChI=1S/C12H14BrFN2S/c1-3-12(2)7-17-11(16-12)15-10-8(13)5-4-6-9(10)14/h4-6H,3,7H2,1-2H3,(H,15,16). The van der Waals surface area contributed by atoms with E-state index in [1.54, 1.807) is 17.8 Å². The average Bonchev–Trinajstić information content (AvgIpc) is 2.67. The van der Waals surface area contributed by atoms with Crippen LogP contribution in [0.4, 0.5) is 10.1 Å². The van der Waals surface area contributed by atoms with Gasteiger partial charge in [-0.25, -0.2) is 4.39 Å². The van der Waals surface area contributed by atoms with E-state index in [4.69, 9.17) is 0 Å². The highest BCUT2D eigenvalue weighted by Gasteiger charge is 2.29. The van der Waals surface area contributed by atoms with E-state index in [9.17, 15) is 4.39 Å². The average molecular weight is 317 g/mol. The van der Waals surface area contributed by atoms with Gasteiger partial charge in [-0.2, -0.15) is 0 Å². The second-order valence-corrected chi connectivity index (χ2v) is 6.10. The molecule has 17 heavy (non-hydrogen) atoms. The molecule has 1 atom stereocenters. The number of aliphatic imine (C=N–C) groups is 1. The number of nitrogens with one attached hydrogen (secondary N) is 1. The molecule has 1 N–H and O–H groups in total. The Kier molecular flexibility index (Phi) is 3.78. The molecule has 1 aromatic rings. The van der Waals surface area contributed by atoms with Gasteiger partial charge in [-0.3, -0.25) is 4.99 Å². The number of halogens is 2. The maximum atomic E-state index is 13.6. The fraction of sp³-hybridized carbons (Fsp3) is 0.417. The lowest BCUT2D eigenvalue weighted by Gasteiger charge is -2.15. The van der Waals surface area contributed by atoms with Crippen LogP contribution in [-0.4, -0.2) is 16.5 Å².